The van der Waals surface area contributed by atoms with Crippen LogP contribution in [0.5, 0.6) is 0 Å². The van der Waals surface area contributed by atoms with Crippen LogP contribution >= 0.6 is 11.8 Å². The van der Waals surface area contributed by atoms with E-state index in [0.29, 0.717) is 5.75 Å². The van der Waals surface area contributed by atoms with E-state index in [1.165, 1.54) is 16.9 Å². The minimum Gasteiger partial charge on any atom is -0.342 e. The zero-order chi connectivity index (χ0) is 17.6. The van der Waals surface area contributed by atoms with Crippen LogP contribution in [-0.4, -0.2) is 43.2 Å². The van der Waals surface area contributed by atoms with E-state index < -0.39 is 0 Å². The van der Waals surface area contributed by atoms with Crippen molar-refractivity contribution in [3.8, 4) is 0 Å². The normalized spacial score (nSPS) is 16.4. The van der Waals surface area contributed by atoms with Crippen molar-refractivity contribution in [2.45, 2.75) is 50.3 Å². The number of benzene rings is 1. The molecule has 1 aliphatic rings. The second kappa shape index (κ2) is 8.91. The lowest BCUT2D eigenvalue weighted by molar-refractivity contribution is -0.129. The minimum absolute atomic E-state index is 0.177. The summed E-state index contributed by atoms with van der Waals surface area (Å²) in [6.45, 7) is 9.60. The van der Waals surface area contributed by atoms with Crippen molar-refractivity contribution in [3.05, 3.63) is 29.8 Å². The number of hydrogen-bond acceptors (Lipinski definition) is 3. The Morgan fingerprint density at radius 3 is 2.38 bits per heavy atom. The molecule has 2 rings (SSSR count). The summed E-state index contributed by atoms with van der Waals surface area (Å²) in [5, 5.41) is 3.22. The molecule has 1 N–H and O–H groups in total. The summed E-state index contributed by atoms with van der Waals surface area (Å²) in [7, 11) is 2.00. The van der Waals surface area contributed by atoms with Gasteiger partial charge < -0.3 is 10.2 Å². The van der Waals surface area contributed by atoms with Gasteiger partial charge >= 0.3 is 0 Å². The van der Waals surface area contributed by atoms with E-state index in [-0.39, 0.29) is 11.3 Å². The molecule has 1 saturated heterocycles. The quantitative estimate of drug-likeness (QED) is 0.791. The van der Waals surface area contributed by atoms with Gasteiger partial charge in [0.15, 0.2) is 0 Å². The van der Waals surface area contributed by atoms with Crippen molar-refractivity contribution < 1.29 is 4.79 Å². The third-order valence-electron chi connectivity index (χ3n) is 4.85. The number of likely N-dealkylation sites (tertiary alicyclic amines) is 1. The molecule has 0 atom stereocenters. The summed E-state index contributed by atoms with van der Waals surface area (Å²) in [6.07, 6.45) is 3.53. The molecule has 1 fully saturated rings. The van der Waals surface area contributed by atoms with Gasteiger partial charge in [0.2, 0.25) is 5.91 Å². The van der Waals surface area contributed by atoms with Gasteiger partial charge in [-0.2, -0.15) is 0 Å². The first-order valence-corrected chi connectivity index (χ1v) is 10.0. The van der Waals surface area contributed by atoms with Gasteiger partial charge in [0, 0.05) is 18.0 Å². The third-order valence-corrected chi connectivity index (χ3v) is 5.85. The number of rotatable bonds is 6. The molecule has 1 aromatic rings. The molecule has 0 saturated carbocycles. The molecule has 134 valence electrons. The van der Waals surface area contributed by atoms with Crippen LogP contribution in [0.25, 0.3) is 0 Å². The predicted octanol–water partition coefficient (Wildman–Crippen LogP) is 3.92. The van der Waals surface area contributed by atoms with Crippen LogP contribution in [0, 0.1) is 5.92 Å². The number of thioether (sulfide) groups is 1. The number of carbonyl (C=O) groups is 1. The zero-order valence-corrected chi connectivity index (χ0v) is 16.4. The fourth-order valence-corrected chi connectivity index (χ4v) is 3.91. The second-order valence-corrected chi connectivity index (χ2v) is 8.83. The molecule has 0 unspecified atom stereocenters. The molecule has 3 nitrogen and oxygen atoms in total. The molecular weight excluding hydrogens is 316 g/mol. The first-order chi connectivity index (χ1) is 11.4. The molecule has 1 aliphatic heterocycles. The zero-order valence-electron chi connectivity index (χ0n) is 15.6. The van der Waals surface area contributed by atoms with Crippen molar-refractivity contribution in [1.82, 2.24) is 10.2 Å². The van der Waals surface area contributed by atoms with Crippen molar-refractivity contribution in [3.63, 3.8) is 0 Å². The van der Waals surface area contributed by atoms with Crippen LogP contribution in [0.3, 0.4) is 0 Å². The molecule has 0 radical (unpaired) electrons. The molecule has 1 amide bonds. The fraction of sp³-hybridized carbons (Fsp3) is 0.650. The number of piperidine rings is 1. The Hall–Kier alpha value is -1.00. The molecule has 1 aromatic carbocycles. The van der Waals surface area contributed by atoms with Crippen LogP contribution in [0.4, 0.5) is 0 Å². The topological polar surface area (TPSA) is 32.3 Å². The van der Waals surface area contributed by atoms with Gasteiger partial charge in [0.05, 0.1) is 5.75 Å². The molecule has 4 heteroatoms. The third kappa shape index (κ3) is 5.82. The maximum absolute atomic E-state index is 12.4. The molecule has 1 heterocycles. The summed E-state index contributed by atoms with van der Waals surface area (Å²) in [5.41, 5.74) is 1.51. The molecule has 0 spiro atoms. The number of nitrogens with one attached hydrogen (secondary N) is 1. The highest BCUT2D eigenvalue weighted by Gasteiger charge is 2.22. The lowest BCUT2D eigenvalue weighted by atomic mass is 9.87. The lowest BCUT2D eigenvalue weighted by Gasteiger charge is -2.32. The highest BCUT2D eigenvalue weighted by atomic mass is 32.2. The van der Waals surface area contributed by atoms with E-state index in [1.54, 1.807) is 11.8 Å². The second-order valence-electron chi connectivity index (χ2n) is 7.78. The fourth-order valence-electron chi connectivity index (χ4n) is 3.11. The van der Waals surface area contributed by atoms with Gasteiger partial charge in [-0.05, 0) is 61.9 Å². The van der Waals surface area contributed by atoms with Crippen molar-refractivity contribution in [2.75, 3.05) is 32.4 Å². The monoisotopic (exact) mass is 348 g/mol. The summed E-state index contributed by atoms with van der Waals surface area (Å²) in [4.78, 5) is 15.6. The Morgan fingerprint density at radius 2 is 1.83 bits per heavy atom. The standard InChI is InChI=1S/C20H32N2OS/c1-20(2,3)17-5-7-18(8-6-17)24-15-19(23)22-13-10-16(11-14-22)9-12-21-4/h5-8,16,21H,9-15H2,1-4H3. The largest absolute Gasteiger partial charge is 0.342 e. The van der Waals surface area contributed by atoms with Crippen molar-refractivity contribution in [2.24, 2.45) is 5.92 Å². The van der Waals surface area contributed by atoms with Crippen LogP contribution in [0.1, 0.15) is 45.6 Å². The van der Waals surface area contributed by atoms with Gasteiger partial charge in [-0.15, -0.1) is 11.8 Å². The Labute approximate surface area is 151 Å². The van der Waals surface area contributed by atoms with Crippen molar-refractivity contribution >= 4 is 17.7 Å². The Morgan fingerprint density at radius 1 is 1.21 bits per heavy atom. The van der Waals surface area contributed by atoms with Crippen LogP contribution in [0.2, 0.25) is 0 Å². The summed E-state index contributed by atoms with van der Waals surface area (Å²) in [6, 6.07) is 8.64. The molecule has 0 aliphatic carbocycles. The van der Waals surface area contributed by atoms with Gasteiger partial charge in [0.1, 0.15) is 0 Å². The Balaban J connectivity index is 1.75. The van der Waals surface area contributed by atoms with Crippen LogP contribution < -0.4 is 5.32 Å². The maximum Gasteiger partial charge on any atom is 0.232 e. The van der Waals surface area contributed by atoms with E-state index >= 15 is 0 Å². The van der Waals surface area contributed by atoms with Crippen LogP contribution in [-0.2, 0) is 10.2 Å². The summed E-state index contributed by atoms with van der Waals surface area (Å²) >= 11 is 1.65. The van der Waals surface area contributed by atoms with E-state index in [0.717, 1.165) is 38.4 Å². The van der Waals surface area contributed by atoms with Gasteiger partial charge in [-0.25, -0.2) is 0 Å². The van der Waals surface area contributed by atoms with E-state index in [9.17, 15) is 4.79 Å². The number of hydrogen-bond donors (Lipinski definition) is 1. The highest BCUT2D eigenvalue weighted by Crippen LogP contribution is 2.26. The predicted molar refractivity (Wildman–Crippen MR) is 104 cm³/mol. The minimum atomic E-state index is 0.177. The SMILES string of the molecule is CNCCC1CCN(C(=O)CSc2ccc(C(C)(C)C)cc2)CC1. The summed E-state index contributed by atoms with van der Waals surface area (Å²) < 4.78 is 0. The van der Waals surface area contributed by atoms with E-state index in [4.69, 9.17) is 0 Å². The first-order valence-electron chi connectivity index (χ1n) is 9.06. The molecule has 0 bridgehead atoms. The molecule has 0 aromatic heterocycles. The lowest BCUT2D eigenvalue weighted by Crippen LogP contribution is -2.39. The summed E-state index contributed by atoms with van der Waals surface area (Å²) in [5.74, 6) is 1.61. The average molecular weight is 349 g/mol. The van der Waals surface area contributed by atoms with E-state index in [1.807, 2.05) is 11.9 Å². The van der Waals surface area contributed by atoms with Crippen molar-refractivity contribution in [1.29, 1.82) is 0 Å². The average Bonchev–Trinajstić information content (AvgIpc) is 2.58. The Kier molecular flexibility index (Phi) is 7.17. The number of amides is 1. The van der Waals surface area contributed by atoms with Gasteiger partial charge in [0.25, 0.3) is 0 Å². The first kappa shape index (κ1) is 19.3. The number of carbonyl (C=O) groups excluding carboxylic acids is 1. The molecule has 24 heavy (non-hydrogen) atoms. The molecular formula is C20H32N2OS. The Bertz CT molecular complexity index is 513. The smallest absolute Gasteiger partial charge is 0.232 e. The van der Waals surface area contributed by atoms with Crippen LogP contribution in [0.15, 0.2) is 29.2 Å². The van der Waals surface area contributed by atoms with E-state index in [2.05, 4.69) is 50.4 Å². The van der Waals surface area contributed by atoms with Gasteiger partial charge in [-0.1, -0.05) is 32.9 Å². The maximum atomic E-state index is 12.4. The highest BCUT2D eigenvalue weighted by molar-refractivity contribution is 8.00. The van der Waals surface area contributed by atoms with Gasteiger partial charge in [-0.3, -0.25) is 4.79 Å². The number of nitrogens with zero attached hydrogens (tertiary/aromatic N) is 1.